The fraction of sp³-hybridized carbons (Fsp3) is 0.762. The molecule has 0 aromatic heterocycles. The first-order valence-electron chi connectivity index (χ1n) is 10.5. The van der Waals surface area contributed by atoms with Gasteiger partial charge in [0.05, 0.1) is 24.6 Å². The summed E-state index contributed by atoms with van der Waals surface area (Å²) in [7, 11) is -3.51. The van der Waals surface area contributed by atoms with Gasteiger partial charge in [-0.15, -0.1) is 0 Å². The smallest absolute Gasteiger partial charge is 0.233 e. The molecule has 0 aliphatic heterocycles. The van der Waals surface area contributed by atoms with Crippen molar-refractivity contribution in [2.24, 2.45) is 11.8 Å². The number of hydrogen-bond donors (Lipinski definition) is 4. The van der Waals surface area contributed by atoms with Crippen LogP contribution in [0.15, 0.2) is 24.3 Å². The molecule has 5 unspecified atom stereocenters. The molecular formula is C21H37NO6S. The molecule has 0 spiro atoms. The van der Waals surface area contributed by atoms with Gasteiger partial charge in [-0.3, -0.25) is 9.52 Å². The monoisotopic (exact) mass is 431 g/mol. The summed E-state index contributed by atoms with van der Waals surface area (Å²) < 4.78 is 23.9. The lowest BCUT2D eigenvalue weighted by Crippen LogP contribution is -2.28. The Labute approximate surface area is 175 Å². The van der Waals surface area contributed by atoms with Crippen LogP contribution in [0.5, 0.6) is 0 Å². The summed E-state index contributed by atoms with van der Waals surface area (Å²) in [6, 6.07) is 0. The highest BCUT2D eigenvalue weighted by Gasteiger charge is 2.39. The number of amides is 1. The zero-order valence-corrected chi connectivity index (χ0v) is 18.4. The fourth-order valence-electron chi connectivity index (χ4n) is 3.67. The first kappa shape index (κ1) is 25.8. The second-order valence-corrected chi connectivity index (χ2v) is 9.70. The normalized spacial score (nSPS) is 26.4. The molecule has 0 radical (unpaired) electrons. The maximum Gasteiger partial charge on any atom is 0.233 e. The van der Waals surface area contributed by atoms with Crippen molar-refractivity contribution in [2.75, 3.05) is 6.26 Å². The fourth-order valence-corrected chi connectivity index (χ4v) is 4.19. The van der Waals surface area contributed by atoms with Crippen LogP contribution in [0.25, 0.3) is 0 Å². The number of nitrogens with one attached hydrogen (secondary N) is 1. The molecule has 4 N–H and O–H groups in total. The Morgan fingerprint density at radius 1 is 1.17 bits per heavy atom. The largest absolute Gasteiger partial charge is 0.393 e. The number of unbranched alkanes of at least 4 members (excludes halogenated alkanes) is 3. The van der Waals surface area contributed by atoms with Crippen molar-refractivity contribution in [3.05, 3.63) is 24.3 Å². The van der Waals surface area contributed by atoms with Crippen molar-refractivity contribution in [2.45, 2.75) is 83.0 Å². The molecule has 8 heteroatoms. The van der Waals surface area contributed by atoms with E-state index >= 15 is 0 Å². The standard InChI is InChI=1S/C21H37NO6S/c1-3-4-7-10-16(23)13-14-18-17(19(24)15-20(18)25)11-8-5-6-9-12-21(26)22-29(2,27)28/h5,8,13-14,16-20,23-25H,3-4,6-7,9-12,15H2,1-2H3,(H,22,26)/b8-5+,14-13+. The average Bonchev–Trinajstić information content (AvgIpc) is 2.87. The van der Waals surface area contributed by atoms with Crippen LogP contribution in [0.3, 0.4) is 0 Å². The van der Waals surface area contributed by atoms with E-state index in [0.717, 1.165) is 25.5 Å². The van der Waals surface area contributed by atoms with Gasteiger partial charge in [0.15, 0.2) is 0 Å². The number of aliphatic hydroxyl groups is 3. The molecule has 1 aliphatic rings. The molecule has 1 aliphatic carbocycles. The predicted molar refractivity (Wildman–Crippen MR) is 113 cm³/mol. The first-order chi connectivity index (χ1) is 13.6. The summed E-state index contributed by atoms with van der Waals surface area (Å²) in [4.78, 5) is 11.4. The minimum absolute atomic E-state index is 0.117. The average molecular weight is 432 g/mol. The lowest BCUT2D eigenvalue weighted by atomic mass is 9.89. The molecule has 0 bridgehead atoms. The Kier molecular flexibility index (Phi) is 11.7. The van der Waals surface area contributed by atoms with Crippen LogP contribution < -0.4 is 4.72 Å². The Hall–Kier alpha value is -1.22. The van der Waals surface area contributed by atoms with E-state index < -0.39 is 34.2 Å². The minimum atomic E-state index is -3.51. The lowest BCUT2D eigenvalue weighted by Gasteiger charge is -2.19. The molecule has 7 nitrogen and oxygen atoms in total. The van der Waals surface area contributed by atoms with Crippen LogP contribution in [0.4, 0.5) is 0 Å². The minimum Gasteiger partial charge on any atom is -0.393 e. The lowest BCUT2D eigenvalue weighted by molar-refractivity contribution is -0.119. The molecule has 1 saturated carbocycles. The van der Waals surface area contributed by atoms with Crippen molar-refractivity contribution in [3.8, 4) is 0 Å². The molecule has 5 atom stereocenters. The van der Waals surface area contributed by atoms with Crippen molar-refractivity contribution >= 4 is 15.9 Å². The van der Waals surface area contributed by atoms with Crippen molar-refractivity contribution in [1.29, 1.82) is 0 Å². The number of carbonyl (C=O) groups is 1. The summed E-state index contributed by atoms with van der Waals surface area (Å²) in [6.07, 6.45) is 12.7. The molecule has 1 rings (SSSR count). The van der Waals surface area contributed by atoms with Gasteiger partial charge in [-0.25, -0.2) is 8.42 Å². The summed E-state index contributed by atoms with van der Waals surface area (Å²) in [5, 5.41) is 30.5. The van der Waals surface area contributed by atoms with Gasteiger partial charge >= 0.3 is 0 Å². The van der Waals surface area contributed by atoms with E-state index in [2.05, 4.69) is 6.92 Å². The van der Waals surface area contributed by atoms with Crippen LogP contribution in [0, 0.1) is 11.8 Å². The molecule has 0 saturated heterocycles. The van der Waals surface area contributed by atoms with E-state index in [1.165, 1.54) is 0 Å². The highest BCUT2D eigenvalue weighted by atomic mass is 32.2. The van der Waals surface area contributed by atoms with Gasteiger partial charge in [0, 0.05) is 18.8 Å². The zero-order valence-electron chi connectivity index (χ0n) is 17.5. The van der Waals surface area contributed by atoms with Crippen LogP contribution in [0.1, 0.15) is 64.7 Å². The van der Waals surface area contributed by atoms with Crippen molar-refractivity contribution in [3.63, 3.8) is 0 Å². The second kappa shape index (κ2) is 13.2. The number of sulfonamides is 1. The van der Waals surface area contributed by atoms with Crippen molar-refractivity contribution < 1.29 is 28.5 Å². The van der Waals surface area contributed by atoms with Crippen LogP contribution in [-0.4, -0.2) is 54.2 Å². The molecule has 0 heterocycles. The van der Waals surface area contributed by atoms with Crippen molar-refractivity contribution in [1.82, 2.24) is 4.72 Å². The molecule has 1 amide bonds. The van der Waals surface area contributed by atoms with Gasteiger partial charge in [-0.2, -0.15) is 0 Å². The van der Waals surface area contributed by atoms with E-state index in [9.17, 15) is 28.5 Å². The molecule has 29 heavy (non-hydrogen) atoms. The van der Waals surface area contributed by atoms with E-state index in [1.807, 2.05) is 23.0 Å². The molecular weight excluding hydrogens is 394 g/mol. The quantitative estimate of drug-likeness (QED) is 0.261. The Morgan fingerprint density at radius 3 is 2.55 bits per heavy atom. The third-order valence-electron chi connectivity index (χ3n) is 5.22. The summed E-state index contributed by atoms with van der Waals surface area (Å²) in [5.74, 6) is -0.831. The zero-order chi connectivity index (χ0) is 21.9. The van der Waals surface area contributed by atoms with Crippen LogP contribution >= 0.6 is 0 Å². The highest BCUT2D eigenvalue weighted by molar-refractivity contribution is 7.89. The summed E-state index contributed by atoms with van der Waals surface area (Å²) in [6.45, 7) is 2.11. The number of carbonyl (C=O) groups excluding carboxylic acids is 1. The molecule has 0 aromatic rings. The van der Waals surface area contributed by atoms with E-state index in [-0.39, 0.29) is 18.3 Å². The topological polar surface area (TPSA) is 124 Å². The third kappa shape index (κ3) is 10.9. The number of hydrogen-bond acceptors (Lipinski definition) is 6. The van der Waals surface area contributed by atoms with Gasteiger partial charge in [0.2, 0.25) is 15.9 Å². The van der Waals surface area contributed by atoms with Gasteiger partial charge < -0.3 is 15.3 Å². The number of rotatable bonds is 13. The van der Waals surface area contributed by atoms with Gasteiger partial charge in [0.1, 0.15) is 0 Å². The van der Waals surface area contributed by atoms with Crippen LogP contribution in [-0.2, 0) is 14.8 Å². The van der Waals surface area contributed by atoms with Gasteiger partial charge in [-0.05, 0) is 31.6 Å². The maximum absolute atomic E-state index is 11.4. The van der Waals surface area contributed by atoms with Gasteiger partial charge in [-0.1, -0.05) is 50.5 Å². The third-order valence-corrected chi connectivity index (χ3v) is 5.82. The Bertz CT molecular complexity index is 646. The molecule has 1 fully saturated rings. The second-order valence-electron chi connectivity index (χ2n) is 7.96. The number of aliphatic hydroxyl groups excluding tert-OH is 3. The Balaban J connectivity index is 2.43. The van der Waals surface area contributed by atoms with E-state index in [0.29, 0.717) is 32.1 Å². The van der Waals surface area contributed by atoms with E-state index in [1.54, 1.807) is 6.08 Å². The highest BCUT2D eigenvalue weighted by Crippen LogP contribution is 2.36. The van der Waals surface area contributed by atoms with E-state index in [4.69, 9.17) is 0 Å². The maximum atomic E-state index is 11.4. The van der Waals surface area contributed by atoms with Crippen LogP contribution in [0.2, 0.25) is 0 Å². The summed E-state index contributed by atoms with van der Waals surface area (Å²) in [5.41, 5.74) is 0. The van der Waals surface area contributed by atoms with Gasteiger partial charge in [0.25, 0.3) is 0 Å². The molecule has 168 valence electrons. The SMILES string of the molecule is CCCCCC(O)/C=C/C1C(O)CC(O)C1C/C=C/CCCC(=O)NS(C)(=O)=O. The predicted octanol–water partition coefficient (Wildman–Crippen LogP) is 2.03. The number of allylic oxidation sites excluding steroid dienone is 2. The Morgan fingerprint density at radius 2 is 1.90 bits per heavy atom. The molecule has 0 aromatic carbocycles. The summed E-state index contributed by atoms with van der Waals surface area (Å²) >= 11 is 0. The first-order valence-corrected chi connectivity index (χ1v) is 12.4.